The number of rotatable bonds is 6. The minimum atomic E-state index is -1.11. The Bertz CT molecular complexity index is 1150. The molecule has 2 heterocycles. The van der Waals surface area contributed by atoms with Gasteiger partial charge >= 0.3 is 5.97 Å². The van der Waals surface area contributed by atoms with Gasteiger partial charge in [0.25, 0.3) is 5.91 Å². The van der Waals surface area contributed by atoms with E-state index in [4.69, 9.17) is 4.74 Å². The van der Waals surface area contributed by atoms with Crippen LogP contribution < -0.4 is 5.32 Å². The average Bonchev–Trinajstić information content (AvgIpc) is 3.13. The summed E-state index contributed by atoms with van der Waals surface area (Å²) in [4.78, 5) is 28.6. The molecule has 0 fully saturated rings. The number of amides is 1. The van der Waals surface area contributed by atoms with Gasteiger partial charge in [0.15, 0.2) is 11.6 Å². The van der Waals surface area contributed by atoms with Crippen LogP contribution in [0.15, 0.2) is 48.5 Å². The molecule has 0 atom stereocenters. The van der Waals surface area contributed by atoms with Gasteiger partial charge in [-0.25, -0.2) is 13.6 Å². The maximum absolute atomic E-state index is 13.6. The van der Waals surface area contributed by atoms with E-state index in [1.807, 2.05) is 18.2 Å². The Hall–Kier alpha value is -3.10. The van der Waals surface area contributed by atoms with Crippen LogP contribution in [0.25, 0.3) is 0 Å². The van der Waals surface area contributed by atoms with E-state index in [1.54, 1.807) is 6.92 Å². The minimum Gasteiger partial charge on any atom is -0.462 e. The molecular formula is C24H22F2N2O3S. The highest BCUT2D eigenvalue weighted by Gasteiger charge is 2.29. The highest BCUT2D eigenvalue weighted by atomic mass is 32.1. The lowest BCUT2D eigenvalue weighted by molar-refractivity contribution is 0.0526. The number of anilines is 1. The third-order valence-corrected chi connectivity index (χ3v) is 6.41. The summed E-state index contributed by atoms with van der Waals surface area (Å²) in [5, 5.41) is 3.07. The smallest absolute Gasteiger partial charge is 0.341 e. The van der Waals surface area contributed by atoms with Gasteiger partial charge in [0.2, 0.25) is 0 Å². The summed E-state index contributed by atoms with van der Waals surface area (Å²) in [6.45, 7) is 4.12. The Labute approximate surface area is 188 Å². The number of fused-ring (bicyclic) bond motifs is 1. The van der Waals surface area contributed by atoms with E-state index in [0.717, 1.165) is 35.7 Å². The Morgan fingerprint density at radius 3 is 2.62 bits per heavy atom. The summed E-state index contributed by atoms with van der Waals surface area (Å²) in [6.07, 6.45) is 0.647. The minimum absolute atomic E-state index is 0.0317. The van der Waals surface area contributed by atoms with Crippen LogP contribution in [-0.2, 0) is 24.2 Å². The number of halogens is 2. The van der Waals surface area contributed by atoms with Crippen molar-refractivity contribution in [3.05, 3.63) is 87.3 Å². The fourth-order valence-electron chi connectivity index (χ4n) is 3.75. The molecule has 0 radical (unpaired) electrons. The van der Waals surface area contributed by atoms with Crippen molar-refractivity contribution in [2.75, 3.05) is 18.5 Å². The van der Waals surface area contributed by atoms with Crippen LogP contribution in [0.2, 0.25) is 0 Å². The third-order valence-electron chi connectivity index (χ3n) is 5.27. The van der Waals surface area contributed by atoms with Crippen molar-refractivity contribution in [3.63, 3.8) is 0 Å². The molecular weight excluding hydrogens is 434 g/mol. The van der Waals surface area contributed by atoms with E-state index >= 15 is 0 Å². The molecule has 0 saturated heterocycles. The molecule has 32 heavy (non-hydrogen) atoms. The Morgan fingerprint density at radius 2 is 1.91 bits per heavy atom. The lowest BCUT2D eigenvalue weighted by atomic mass is 10.0. The number of carbonyl (C=O) groups excluding carboxylic acids is 2. The highest BCUT2D eigenvalue weighted by Crippen LogP contribution is 2.38. The summed E-state index contributed by atoms with van der Waals surface area (Å²) in [7, 11) is 0. The number of esters is 1. The molecule has 3 aromatic rings. The lowest BCUT2D eigenvalue weighted by Gasteiger charge is -2.27. The topological polar surface area (TPSA) is 58.6 Å². The second kappa shape index (κ2) is 9.58. The maximum atomic E-state index is 13.6. The van der Waals surface area contributed by atoms with E-state index in [2.05, 4.69) is 22.3 Å². The maximum Gasteiger partial charge on any atom is 0.341 e. The molecule has 1 aromatic heterocycles. The van der Waals surface area contributed by atoms with Crippen molar-refractivity contribution >= 4 is 28.2 Å². The third kappa shape index (κ3) is 4.71. The molecule has 1 aliphatic rings. The van der Waals surface area contributed by atoms with Gasteiger partial charge in [0, 0.05) is 30.1 Å². The van der Waals surface area contributed by atoms with Gasteiger partial charge in [-0.05, 0) is 42.7 Å². The molecule has 166 valence electrons. The van der Waals surface area contributed by atoms with Crippen molar-refractivity contribution in [2.24, 2.45) is 0 Å². The van der Waals surface area contributed by atoms with Gasteiger partial charge < -0.3 is 10.1 Å². The first kappa shape index (κ1) is 22.1. The van der Waals surface area contributed by atoms with Crippen molar-refractivity contribution in [1.29, 1.82) is 0 Å². The van der Waals surface area contributed by atoms with Crippen LogP contribution in [0.1, 0.15) is 43.6 Å². The molecule has 2 aromatic carbocycles. The van der Waals surface area contributed by atoms with Crippen molar-refractivity contribution in [1.82, 2.24) is 4.90 Å². The number of hydrogen-bond acceptors (Lipinski definition) is 5. The molecule has 1 N–H and O–H groups in total. The molecule has 4 rings (SSSR count). The monoisotopic (exact) mass is 456 g/mol. The largest absolute Gasteiger partial charge is 0.462 e. The quantitative estimate of drug-likeness (QED) is 0.530. The molecule has 1 aliphatic heterocycles. The van der Waals surface area contributed by atoms with Gasteiger partial charge in [-0.1, -0.05) is 30.3 Å². The summed E-state index contributed by atoms with van der Waals surface area (Å²) in [5.41, 5.74) is 2.39. The second-order valence-corrected chi connectivity index (χ2v) is 8.56. The number of thiophene rings is 1. The molecule has 0 unspecified atom stereocenters. The molecule has 8 heteroatoms. The lowest BCUT2D eigenvalue weighted by Crippen LogP contribution is -2.29. The van der Waals surface area contributed by atoms with Gasteiger partial charge in [0.05, 0.1) is 12.2 Å². The Balaban J connectivity index is 1.60. The van der Waals surface area contributed by atoms with Crippen LogP contribution >= 0.6 is 11.3 Å². The first-order valence-electron chi connectivity index (χ1n) is 10.3. The zero-order valence-electron chi connectivity index (χ0n) is 17.5. The number of hydrogen-bond donors (Lipinski definition) is 1. The van der Waals surface area contributed by atoms with Gasteiger partial charge in [0.1, 0.15) is 5.00 Å². The summed E-state index contributed by atoms with van der Waals surface area (Å²) in [5.74, 6) is -3.25. The first-order chi connectivity index (χ1) is 15.5. The van der Waals surface area contributed by atoms with Crippen LogP contribution in [0, 0.1) is 11.6 Å². The number of nitrogens with zero attached hydrogens (tertiary/aromatic N) is 1. The Kier molecular flexibility index (Phi) is 6.62. The average molecular weight is 457 g/mol. The second-order valence-electron chi connectivity index (χ2n) is 7.46. The van der Waals surface area contributed by atoms with Crippen molar-refractivity contribution in [2.45, 2.75) is 26.4 Å². The molecule has 0 saturated carbocycles. The van der Waals surface area contributed by atoms with E-state index in [1.165, 1.54) is 23.0 Å². The molecule has 0 aliphatic carbocycles. The predicted octanol–water partition coefficient (Wildman–Crippen LogP) is 5.01. The van der Waals surface area contributed by atoms with Crippen LogP contribution in [0.3, 0.4) is 0 Å². The normalized spacial score (nSPS) is 13.5. The van der Waals surface area contributed by atoms with Crippen LogP contribution in [0.5, 0.6) is 0 Å². The van der Waals surface area contributed by atoms with E-state index < -0.39 is 23.5 Å². The van der Waals surface area contributed by atoms with E-state index in [0.29, 0.717) is 23.5 Å². The molecule has 0 spiro atoms. The molecule has 1 amide bonds. The number of nitrogens with one attached hydrogen (secondary N) is 1. The first-order valence-corrected chi connectivity index (χ1v) is 11.1. The fourth-order valence-corrected chi connectivity index (χ4v) is 5.03. The predicted molar refractivity (Wildman–Crippen MR) is 119 cm³/mol. The zero-order chi connectivity index (χ0) is 22.7. The molecule has 0 bridgehead atoms. The van der Waals surface area contributed by atoms with E-state index in [9.17, 15) is 18.4 Å². The van der Waals surface area contributed by atoms with E-state index in [-0.39, 0.29) is 12.2 Å². The fraction of sp³-hybridized carbons (Fsp3) is 0.250. The van der Waals surface area contributed by atoms with Crippen LogP contribution in [0.4, 0.5) is 13.8 Å². The standard InChI is InChI=1S/C24H22F2N2O3S/c1-2-31-24(30)21-17-10-11-28(13-15-6-4-3-5-7-15)14-20(17)32-23(21)27-22(29)16-8-9-18(25)19(26)12-16/h3-9,12H,2,10-11,13-14H2,1H3,(H,27,29). The van der Waals surface area contributed by atoms with Gasteiger partial charge in [-0.3, -0.25) is 9.69 Å². The SMILES string of the molecule is CCOC(=O)c1c(NC(=O)c2ccc(F)c(F)c2)sc2c1CCN(Cc1ccccc1)C2. The van der Waals surface area contributed by atoms with Gasteiger partial charge in [-0.15, -0.1) is 11.3 Å². The van der Waals surface area contributed by atoms with Crippen LogP contribution in [-0.4, -0.2) is 29.9 Å². The van der Waals surface area contributed by atoms with Crippen molar-refractivity contribution < 1.29 is 23.1 Å². The van der Waals surface area contributed by atoms with Crippen molar-refractivity contribution in [3.8, 4) is 0 Å². The summed E-state index contributed by atoms with van der Waals surface area (Å²) in [6, 6.07) is 13.1. The number of benzene rings is 2. The molecule has 5 nitrogen and oxygen atoms in total. The summed E-state index contributed by atoms with van der Waals surface area (Å²) >= 11 is 1.32. The Morgan fingerprint density at radius 1 is 1.12 bits per heavy atom. The highest BCUT2D eigenvalue weighted by molar-refractivity contribution is 7.17. The van der Waals surface area contributed by atoms with Gasteiger partial charge in [-0.2, -0.15) is 0 Å². The number of ether oxygens (including phenoxy) is 1. The number of carbonyl (C=O) groups is 2. The zero-order valence-corrected chi connectivity index (χ0v) is 18.3. The summed E-state index contributed by atoms with van der Waals surface area (Å²) < 4.78 is 32.0.